The average molecular weight is 352 g/mol. The normalized spacial score (nSPS) is 22.1. The number of hydrogen-bond donors (Lipinski definition) is 2. The number of nitrogens with one attached hydrogen (secondary N) is 2. The average Bonchev–Trinajstić information content (AvgIpc) is 2.96. The van der Waals surface area contributed by atoms with Crippen LogP contribution in [0.15, 0.2) is 22.7 Å². The highest BCUT2D eigenvalue weighted by molar-refractivity contribution is 7.90. The molecule has 7 nitrogen and oxygen atoms in total. The van der Waals surface area contributed by atoms with Crippen LogP contribution in [0, 0.1) is 5.92 Å². The van der Waals surface area contributed by atoms with E-state index < -0.39 is 10.0 Å². The zero-order valence-corrected chi connectivity index (χ0v) is 14.8. The minimum Gasteiger partial charge on any atom is -0.422 e. The van der Waals surface area contributed by atoms with Gasteiger partial charge in [0.2, 0.25) is 15.7 Å². The summed E-state index contributed by atoms with van der Waals surface area (Å²) in [5.41, 5.74) is 1.29. The van der Waals surface area contributed by atoms with Crippen molar-refractivity contribution >= 4 is 27.3 Å². The Kier molecular flexibility index (Phi) is 5.05. The Bertz CT molecular complexity index is 746. The summed E-state index contributed by atoms with van der Waals surface area (Å²) >= 11 is 0. The van der Waals surface area contributed by atoms with Gasteiger partial charge in [-0.3, -0.25) is 0 Å². The van der Waals surface area contributed by atoms with E-state index >= 15 is 0 Å². The first kappa shape index (κ1) is 17.2. The third kappa shape index (κ3) is 4.05. The van der Waals surface area contributed by atoms with Crippen LogP contribution in [0.25, 0.3) is 11.2 Å². The number of fused-ring (bicyclic) bond motifs is 1. The van der Waals surface area contributed by atoms with Crippen LogP contribution in [0.3, 0.4) is 0 Å². The Morgan fingerprint density at radius 2 is 2.04 bits per heavy atom. The van der Waals surface area contributed by atoms with E-state index in [1.54, 1.807) is 20.0 Å². The van der Waals surface area contributed by atoms with Crippen molar-refractivity contribution in [1.29, 1.82) is 0 Å². The molecule has 2 aromatic heterocycles. The molecule has 1 saturated carbocycles. The highest BCUT2D eigenvalue weighted by Gasteiger charge is 2.24. The highest BCUT2D eigenvalue weighted by atomic mass is 32.2. The van der Waals surface area contributed by atoms with Crippen LogP contribution in [-0.4, -0.2) is 36.2 Å². The maximum absolute atomic E-state index is 11.8. The number of aromatic nitrogens is 2. The molecule has 0 atom stereocenters. The van der Waals surface area contributed by atoms with Crippen molar-refractivity contribution in [2.24, 2.45) is 5.92 Å². The van der Waals surface area contributed by atoms with Gasteiger partial charge in [-0.15, -0.1) is 0 Å². The topological polar surface area (TPSA) is 97.1 Å². The van der Waals surface area contributed by atoms with E-state index in [1.165, 1.54) is 0 Å². The lowest BCUT2D eigenvalue weighted by Crippen LogP contribution is -2.37. The number of anilines is 1. The molecular formula is C16H24N4O3S. The Labute approximate surface area is 142 Å². The summed E-state index contributed by atoms with van der Waals surface area (Å²) in [4.78, 5) is 8.49. The molecule has 2 N–H and O–H groups in total. The second-order valence-electron chi connectivity index (χ2n) is 6.65. The van der Waals surface area contributed by atoms with E-state index in [1.807, 2.05) is 12.1 Å². The zero-order chi connectivity index (χ0) is 17.2. The summed E-state index contributed by atoms with van der Waals surface area (Å²) in [7, 11) is -3.17. The molecule has 0 spiro atoms. The van der Waals surface area contributed by atoms with Crippen LogP contribution in [0.1, 0.15) is 39.5 Å². The van der Waals surface area contributed by atoms with Gasteiger partial charge in [0.05, 0.1) is 5.25 Å². The molecule has 1 fully saturated rings. The number of sulfonamides is 1. The highest BCUT2D eigenvalue weighted by Crippen LogP contribution is 2.27. The molecule has 8 heteroatoms. The predicted molar refractivity (Wildman–Crippen MR) is 93.2 cm³/mol. The fourth-order valence-electron chi connectivity index (χ4n) is 2.92. The fraction of sp³-hybridized carbons (Fsp3) is 0.625. The van der Waals surface area contributed by atoms with E-state index in [0.29, 0.717) is 35.7 Å². The van der Waals surface area contributed by atoms with Crippen LogP contribution < -0.4 is 10.0 Å². The van der Waals surface area contributed by atoms with Gasteiger partial charge in [-0.05, 0) is 57.6 Å². The number of rotatable bonds is 6. The molecule has 0 bridgehead atoms. The first-order chi connectivity index (χ1) is 11.4. The maximum Gasteiger partial charge on any atom is 0.297 e. The molecule has 2 aromatic rings. The van der Waals surface area contributed by atoms with E-state index in [4.69, 9.17) is 4.42 Å². The number of pyridine rings is 1. The van der Waals surface area contributed by atoms with Gasteiger partial charge in [0.1, 0.15) is 0 Å². The van der Waals surface area contributed by atoms with E-state index in [9.17, 15) is 8.42 Å². The molecule has 0 unspecified atom stereocenters. The Morgan fingerprint density at radius 1 is 1.29 bits per heavy atom. The lowest BCUT2D eigenvalue weighted by Gasteiger charge is -2.28. The molecule has 1 aliphatic carbocycles. The quantitative estimate of drug-likeness (QED) is 0.829. The van der Waals surface area contributed by atoms with Gasteiger partial charge in [-0.2, -0.15) is 4.98 Å². The smallest absolute Gasteiger partial charge is 0.297 e. The van der Waals surface area contributed by atoms with E-state index in [2.05, 4.69) is 20.0 Å². The Morgan fingerprint density at radius 3 is 2.71 bits per heavy atom. The predicted octanol–water partition coefficient (Wildman–Crippen LogP) is 2.52. The van der Waals surface area contributed by atoms with Crippen molar-refractivity contribution in [3.8, 4) is 0 Å². The lowest BCUT2D eigenvalue weighted by atomic mass is 9.86. The molecule has 0 radical (unpaired) electrons. The minimum absolute atomic E-state index is 0.302. The Hall–Kier alpha value is -1.67. The summed E-state index contributed by atoms with van der Waals surface area (Å²) in [6.07, 6.45) is 5.60. The maximum atomic E-state index is 11.8. The van der Waals surface area contributed by atoms with E-state index in [-0.39, 0.29) is 5.25 Å². The van der Waals surface area contributed by atoms with Crippen molar-refractivity contribution in [2.45, 2.75) is 50.8 Å². The molecule has 3 rings (SSSR count). The number of oxazole rings is 1. The van der Waals surface area contributed by atoms with Crippen molar-refractivity contribution in [2.75, 3.05) is 11.9 Å². The van der Waals surface area contributed by atoms with Gasteiger partial charge in [0, 0.05) is 18.8 Å². The minimum atomic E-state index is -3.17. The van der Waals surface area contributed by atoms with Crippen LogP contribution in [0.4, 0.5) is 6.01 Å². The summed E-state index contributed by atoms with van der Waals surface area (Å²) in [5.74, 6) is 0.391. The lowest BCUT2D eigenvalue weighted by molar-refractivity contribution is 0.334. The molecule has 2 heterocycles. The number of hydrogen-bond acceptors (Lipinski definition) is 6. The second-order valence-corrected chi connectivity index (χ2v) is 8.97. The van der Waals surface area contributed by atoms with Gasteiger partial charge < -0.3 is 9.73 Å². The van der Waals surface area contributed by atoms with Crippen molar-refractivity contribution in [1.82, 2.24) is 14.7 Å². The summed E-state index contributed by atoms with van der Waals surface area (Å²) in [6, 6.07) is 4.47. The summed E-state index contributed by atoms with van der Waals surface area (Å²) < 4.78 is 32.0. The van der Waals surface area contributed by atoms with Crippen molar-refractivity contribution < 1.29 is 12.8 Å². The molecule has 24 heavy (non-hydrogen) atoms. The summed E-state index contributed by atoms with van der Waals surface area (Å²) in [5, 5.41) is 2.94. The molecule has 1 aliphatic rings. The SMILES string of the molecule is CC(C)S(=O)(=O)NC[C@H]1CC[C@H](Nc2nc3ncccc3o2)CC1. The molecule has 0 saturated heterocycles. The zero-order valence-electron chi connectivity index (χ0n) is 14.0. The van der Waals surface area contributed by atoms with Crippen molar-refractivity contribution in [3.63, 3.8) is 0 Å². The van der Waals surface area contributed by atoms with E-state index in [0.717, 1.165) is 25.7 Å². The standard InChI is InChI=1S/C16H24N4O3S/c1-11(2)24(21,22)18-10-12-5-7-13(8-6-12)19-16-20-15-14(23-16)4-3-9-17-15/h3-4,9,11-13,18H,5-8,10H2,1-2H3,(H,17,19,20)/t12-,13-. The third-order valence-electron chi connectivity index (χ3n) is 4.53. The third-order valence-corrected chi connectivity index (χ3v) is 6.34. The summed E-state index contributed by atoms with van der Waals surface area (Å²) in [6.45, 7) is 3.91. The second kappa shape index (κ2) is 7.06. The van der Waals surface area contributed by atoms with Crippen molar-refractivity contribution in [3.05, 3.63) is 18.3 Å². The largest absolute Gasteiger partial charge is 0.422 e. The van der Waals surface area contributed by atoms with Crippen LogP contribution >= 0.6 is 0 Å². The molecule has 132 valence electrons. The molecule has 0 amide bonds. The van der Waals surface area contributed by atoms with Crippen LogP contribution in [0.2, 0.25) is 0 Å². The number of nitrogens with zero attached hydrogens (tertiary/aromatic N) is 2. The molecule has 0 aliphatic heterocycles. The van der Waals surface area contributed by atoms with Crippen LogP contribution in [-0.2, 0) is 10.0 Å². The first-order valence-electron chi connectivity index (χ1n) is 8.40. The first-order valence-corrected chi connectivity index (χ1v) is 9.95. The fourth-order valence-corrected chi connectivity index (χ4v) is 3.72. The van der Waals surface area contributed by atoms with Gasteiger partial charge in [-0.25, -0.2) is 18.1 Å². The molecule has 0 aromatic carbocycles. The molecular weight excluding hydrogens is 328 g/mol. The van der Waals surface area contributed by atoms with Crippen LogP contribution in [0.5, 0.6) is 0 Å². The monoisotopic (exact) mass is 352 g/mol. The van der Waals surface area contributed by atoms with Gasteiger partial charge in [0.15, 0.2) is 5.58 Å². The van der Waals surface area contributed by atoms with Gasteiger partial charge >= 0.3 is 0 Å². The Balaban J connectivity index is 1.48. The van der Waals surface area contributed by atoms with Gasteiger partial charge in [0.25, 0.3) is 6.01 Å². The van der Waals surface area contributed by atoms with Gasteiger partial charge in [-0.1, -0.05) is 0 Å².